The van der Waals surface area contributed by atoms with Crippen LogP contribution in [0, 0.1) is 0 Å². The molecule has 0 fully saturated rings. The summed E-state index contributed by atoms with van der Waals surface area (Å²) in [4.78, 5) is 4.84. The number of aliphatic imine (C=N–C) groups is 1. The van der Waals surface area contributed by atoms with Crippen LogP contribution in [0.2, 0.25) is 0 Å². The van der Waals surface area contributed by atoms with E-state index in [0.717, 1.165) is 30.8 Å². The minimum atomic E-state index is 0.738. The Morgan fingerprint density at radius 3 is 2.03 bits per heavy atom. The highest BCUT2D eigenvalue weighted by molar-refractivity contribution is 5.92. The third-order valence-corrected chi connectivity index (χ3v) is 6.13. The van der Waals surface area contributed by atoms with E-state index >= 15 is 0 Å². The van der Waals surface area contributed by atoms with Gasteiger partial charge >= 0.3 is 0 Å². The molecule has 0 bridgehead atoms. The second kappa shape index (κ2) is 10.2. The molecule has 1 aromatic carbocycles. The third-order valence-electron chi connectivity index (χ3n) is 6.13. The summed E-state index contributed by atoms with van der Waals surface area (Å²) in [6.07, 6.45) is 23.5. The van der Waals surface area contributed by atoms with E-state index < -0.39 is 0 Å². The van der Waals surface area contributed by atoms with E-state index in [1.807, 2.05) is 0 Å². The lowest BCUT2D eigenvalue weighted by atomic mass is 9.89. The molecule has 2 heteroatoms. The average Bonchev–Trinajstić information content (AvgIpc) is 2.84. The fraction of sp³-hybridized carbons (Fsp3) is 0.321. The van der Waals surface area contributed by atoms with Crippen molar-refractivity contribution < 1.29 is 0 Å². The van der Waals surface area contributed by atoms with Crippen LogP contribution in [0.25, 0.3) is 17.7 Å². The van der Waals surface area contributed by atoms with E-state index in [1.165, 1.54) is 66.4 Å². The van der Waals surface area contributed by atoms with Gasteiger partial charge in [0.1, 0.15) is 5.84 Å². The molecule has 1 aromatic rings. The standard InChI is InChI=1S/C28H32N2/c29-28-21-24-15-9-3-1-2-4-10-18-25(24)26-19-11-16-22-13-7-5-6-8-14-23(22)17-12-20-27(26)30-28/h5-8,11-14,16-17,19-20H,1-4,9-10,15,18,21H2,(H2,29,30)/b6-5-,7-5?,8-6?,13-7-,14-8?,16-11?,17-12?,19-11?,20-12?,22-13?,22-16?,23-14?,23-17?,23-22?,26-19?,27-20?. The van der Waals surface area contributed by atoms with Crippen molar-refractivity contribution in [3.63, 3.8) is 0 Å². The van der Waals surface area contributed by atoms with Gasteiger partial charge in [-0.15, -0.1) is 0 Å². The lowest BCUT2D eigenvalue weighted by Gasteiger charge is -2.16. The molecule has 154 valence electrons. The van der Waals surface area contributed by atoms with Crippen LogP contribution in [0.1, 0.15) is 74.5 Å². The molecule has 3 aliphatic rings. The van der Waals surface area contributed by atoms with Crippen LogP contribution in [0.15, 0.2) is 71.3 Å². The summed E-state index contributed by atoms with van der Waals surface area (Å²) in [5.74, 6) is 0.738. The van der Waals surface area contributed by atoms with Crippen LogP contribution in [0.5, 0.6) is 0 Å². The number of nitrogens with two attached hydrogens (primary N) is 1. The van der Waals surface area contributed by atoms with Crippen molar-refractivity contribution in [3.8, 4) is 0 Å². The Morgan fingerprint density at radius 1 is 0.667 bits per heavy atom. The molecule has 30 heavy (non-hydrogen) atoms. The van der Waals surface area contributed by atoms with E-state index in [9.17, 15) is 0 Å². The molecule has 2 N–H and O–H groups in total. The highest BCUT2D eigenvalue weighted by atomic mass is 14.9. The molecule has 4 rings (SSSR count). The highest BCUT2D eigenvalue weighted by Crippen LogP contribution is 2.37. The topological polar surface area (TPSA) is 38.4 Å². The average molecular weight is 397 g/mol. The molecule has 0 spiro atoms. The fourth-order valence-corrected chi connectivity index (χ4v) is 4.57. The van der Waals surface area contributed by atoms with E-state index in [4.69, 9.17) is 10.7 Å². The minimum Gasteiger partial charge on any atom is -0.387 e. The molecule has 2 nitrogen and oxygen atoms in total. The van der Waals surface area contributed by atoms with Crippen LogP contribution in [-0.4, -0.2) is 5.84 Å². The van der Waals surface area contributed by atoms with Gasteiger partial charge in [-0.2, -0.15) is 0 Å². The molecule has 0 unspecified atom stereocenters. The SMILES string of the molecule is NC1=Nc2cccc3c(cccc2C2=C(CCCCCCCC2)C1)/C=C\C=C/C=C3. The van der Waals surface area contributed by atoms with E-state index in [2.05, 4.69) is 72.9 Å². The molecule has 0 aromatic heterocycles. The van der Waals surface area contributed by atoms with Gasteiger partial charge in [0.25, 0.3) is 0 Å². The quantitative estimate of drug-likeness (QED) is 0.479. The second-order valence-electron chi connectivity index (χ2n) is 8.35. The van der Waals surface area contributed by atoms with E-state index in [-0.39, 0.29) is 0 Å². The van der Waals surface area contributed by atoms with E-state index in [1.54, 1.807) is 0 Å². The molecule has 0 atom stereocenters. The molecule has 2 aliphatic carbocycles. The number of hydrogen-bond acceptors (Lipinski definition) is 2. The summed E-state index contributed by atoms with van der Waals surface area (Å²) in [7, 11) is 0. The Kier molecular flexibility index (Phi) is 6.97. The zero-order valence-electron chi connectivity index (χ0n) is 17.8. The Morgan fingerprint density at radius 2 is 1.30 bits per heavy atom. The van der Waals surface area contributed by atoms with Gasteiger partial charge in [0, 0.05) is 12.0 Å². The maximum Gasteiger partial charge on any atom is 0.104 e. The smallest absolute Gasteiger partial charge is 0.104 e. The van der Waals surface area contributed by atoms with Gasteiger partial charge in [-0.05, 0) is 48.4 Å². The van der Waals surface area contributed by atoms with Crippen molar-refractivity contribution in [2.75, 3.05) is 0 Å². The lowest BCUT2D eigenvalue weighted by Crippen LogP contribution is -2.11. The highest BCUT2D eigenvalue weighted by Gasteiger charge is 2.17. The zero-order valence-corrected chi connectivity index (χ0v) is 17.8. The second-order valence-corrected chi connectivity index (χ2v) is 8.35. The molecule has 0 saturated heterocycles. The Bertz CT molecular complexity index is 988. The normalized spacial score (nSPS) is 20.7. The van der Waals surface area contributed by atoms with Gasteiger partial charge in [0.15, 0.2) is 0 Å². The first-order valence-electron chi connectivity index (χ1n) is 11.4. The van der Waals surface area contributed by atoms with Crippen LogP contribution in [-0.2, 0) is 0 Å². The number of fused-ring (bicyclic) bond motifs is 3. The lowest BCUT2D eigenvalue weighted by molar-refractivity contribution is 0.588. The molecule has 1 heterocycles. The van der Waals surface area contributed by atoms with Gasteiger partial charge < -0.3 is 5.73 Å². The summed E-state index contributed by atoms with van der Waals surface area (Å²) < 4.78 is 0. The van der Waals surface area contributed by atoms with Crippen LogP contribution in [0.3, 0.4) is 0 Å². The van der Waals surface area contributed by atoms with E-state index in [0.29, 0.717) is 0 Å². The van der Waals surface area contributed by atoms with Crippen molar-refractivity contribution in [1.82, 2.24) is 0 Å². The predicted octanol–water partition coefficient (Wildman–Crippen LogP) is 7.69. The molecule has 0 saturated carbocycles. The molecule has 0 amide bonds. The predicted molar refractivity (Wildman–Crippen MR) is 131 cm³/mol. The fourth-order valence-electron chi connectivity index (χ4n) is 4.57. The maximum absolute atomic E-state index is 6.38. The number of rotatable bonds is 0. The minimum absolute atomic E-state index is 0.738. The number of hydrogen-bond donors (Lipinski definition) is 1. The number of amidine groups is 1. The Labute approximate surface area is 181 Å². The Balaban J connectivity index is 1.87. The summed E-state index contributed by atoms with van der Waals surface area (Å²) in [6, 6.07) is 13.0. The first-order valence-corrected chi connectivity index (χ1v) is 11.4. The first-order chi connectivity index (χ1) is 14.8. The van der Waals surface area contributed by atoms with Crippen molar-refractivity contribution >= 4 is 29.2 Å². The Hall–Kier alpha value is -2.87. The zero-order chi connectivity index (χ0) is 20.6. The summed E-state index contributed by atoms with van der Waals surface area (Å²) >= 11 is 0. The number of nitrogens with zero attached hydrogens (tertiary/aromatic N) is 1. The monoisotopic (exact) mass is 396 g/mol. The molecule has 0 radical (unpaired) electrons. The van der Waals surface area contributed by atoms with Gasteiger partial charge in [-0.3, -0.25) is 0 Å². The number of allylic oxidation sites excluding steroid dienone is 5. The summed E-state index contributed by atoms with van der Waals surface area (Å²) in [6.45, 7) is 0. The van der Waals surface area contributed by atoms with Crippen LogP contribution in [0.4, 0.5) is 5.69 Å². The van der Waals surface area contributed by atoms with Gasteiger partial charge in [0.05, 0.1) is 5.69 Å². The first kappa shape index (κ1) is 20.4. The molecular formula is C28H32N2. The summed E-state index contributed by atoms with van der Waals surface area (Å²) in [5.41, 5.74) is 14.0. The summed E-state index contributed by atoms with van der Waals surface area (Å²) in [5, 5.41) is 0. The van der Waals surface area contributed by atoms with Gasteiger partial charge in [-0.25, -0.2) is 4.99 Å². The van der Waals surface area contributed by atoms with Crippen molar-refractivity contribution in [3.05, 3.63) is 83.0 Å². The van der Waals surface area contributed by atoms with Crippen molar-refractivity contribution in [2.24, 2.45) is 10.7 Å². The third kappa shape index (κ3) is 5.18. The largest absolute Gasteiger partial charge is 0.387 e. The van der Waals surface area contributed by atoms with Crippen molar-refractivity contribution in [2.45, 2.75) is 57.8 Å². The van der Waals surface area contributed by atoms with Crippen LogP contribution < -0.4 is 5.73 Å². The van der Waals surface area contributed by atoms with Gasteiger partial charge in [-0.1, -0.05) is 98.0 Å². The van der Waals surface area contributed by atoms with Crippen LogP contribution >= 0.6 is 0 Å². The molecule has 1 aliphatic heterocycles. The molecular weight excluding hydrogens is 364 g/mol. The maximum atomic E-state index is 6.38. The van der Waals surface area contributed by atoms with Crippen molar-refractivity contribution in [1.29, 1.82) is 0 Å². The van der Waals surface area contributed by atoms with Gasteiger partial charge in [0.2, 0.25) is 0 Å².